The van der Waals surface area contributed by atoms with Crippen LogP contribution in [-0.2, 0) is 0 Å². The number of hydrogen-bond donors (Lipinski definition) is 3. The molecular formula is C14H16N4O. The maximum absolute atomic E-state index is 11.2. The minimum atomic E-state index is -0.475. The van der Waals surface area contributed by atoms with Crippen LogP contribution in [0.4, 0.5) is 11.4 Å². The van der Waals surface area contributed by atoms with Crippen molar-refractivity contribution in [2.24, 2.45) is 5.73 Å². The summed E-state index contributed by atoms with van der Waals surface area (Å²) in [4.78, 5) is 15.2. The third kappa shape index (κ3) is 3.01. The number of pyridine rings is 1. The van der Waals surface area contributed by atoms with Crippen LogP contribution in [0.3, 0.4) is 0 Å². The van der Waals surface area contributed by atoms with Crippen LogP contribution in [0, 0.1) is 0 Å². The standard InChI is InChI=1S/C14H16N4O/c1-9(11-3-2-6-17-8-11)18-13-7-10(14(16)19)4-5-12(13)15/h2-9,18H,15H2,1H3,(H2,16,19). The summed E-state index contributed by atoms with van der Waals surface area (Å²) in [6.07, 6.45) is 3.50. The highest BCUT2D eigenvalue weighted by Crippen LogP contribution is 2.25. The second kappa shape index (κ2) is 5.39. The summed E-state index contributed by atoms with van der Waals surface area (Å²) in [6.45, 7) is 1.99. The number of primary amides is 1. The lowest BCUT2D eigenvalue weighted by Gasteiger charge is -2.17. The van der Waals surface area contributed by atoms with Crippen molar-refractivity contribution in [3.63, 3.8) is 0 Å². The van der Waals surface area contributed by atoms with Crippen molar-refractivity contribution >= 4 is 17.3 Å². The highest BCUT2D eigenvalue weighted by atomic mass is 16.1. The van der Waals surface area contributed by atoms with E-state index in [0.29, 0.717) is 16.9 Å². The van der Waals surface area contributed by atoms with Crippen LogP contribution < -0.4 is 16.8 Å². The molecule has 0 bridgehead atoms. The van der Waals surface area contributed by atoms with Crippen LogP contribution in [-0.4, -0.2) is 10.9 Å². The summed E-state index contributed by atoms with van der Waals surface area (Å²) in [7, 11) is 0. The number of nitrogen functional groups attached to an aromatic ring is 1. The first-order valence-electron chi connectivity index (χ1n) is 5.93. The van der Waals surface area contributed by atoms with Gasteiger partial charge in [0.05, 0.1) is 17.4 Å². The van der Waals surface area contributed by atoms with Crippen molar-refractivity contribution < 1.29 is 4.79 Å². The molecule has 5 heteroatoms. The largest absolute Gasteiger partial charge is 0.397 e. The lowest BCUT2D eigenvalue weighted by molar-refractivity contribution is 0.100. The molecule has 1 atom stereocenters. The summed E-state index contributed by atoms with van der Waals surface area (Å²) in [6, 6.07) is 8.80. The van der Waals surface area contributed by atoms with Crippen molar-refractivity contribution in [1.29, 1.82) is 0 Å². The fourth-order valence-electron chi connectivity index (χ4n) is 1.78. The van der Waals surface area contributed by atoms with E-state index >= 15 is 0 Å². The molecule has 0 spiro atoms. The van der Waals surface area contributed by atoms with E-state index in [-0.39, 0.29) is 6.04 Å². The Morgan fingerprint density at radius 3 is 2.79 bits per heavy atom. The molecule has 1 aromatic carbocycles. The summed E-state index contributed by atoms with van der Waals surface area (Å²) >= 11 is 0. The maximum atomic E-state index is 11.2. The number of nitrogens with zero attached hydrogens (tertiary/aromatic N) is 1. The summed E-state index contributed by atoms with van der Waals surface area (Å²) < 4.78 is 0. The fourth-order valence-corrected chi connectivity index (χ4v) is 1.78. The van der Waals surface area contributed by atoms with E-state index in [1.807, 2.05) is 19.1 Å². The third-order valence-corrected chi connectivity index (χ3v) is 2.89. The second-order valence-corrected chi connectivity index (χ2v) is 4.32. The molecule has 1 unspecified atom stereocenters. The molecule has 0 saturated heterocycles. The SMILES string of the molecule is CC(Nc1cc(C(N)=O)ccc1N)c1cccnc1. The molecule has 0 fully saturated rings. The zero-order valence-corrected chi connectivity index (χ0v) is 10.6. The molecule has 98 valence electrons. The summed E-state index contributed by atoms with van der Waals surface area (Å²) in [5, 5.41) is 3.25. The van der Waals surface area contributed by atoms with Gasteiger partial charge in [-0.15, -0.1) is 0 Å². The first kappa shape index (κ1) is 12.9. The molecule has 1 amide bonds. The minimum absolute atomic E-state index is 0.0270. The number of hydrogen-bond acceptors (Lipinski definition) is 4. The van der Waals surface area contributed by atoms with Gasteiger partial charge in [0.1, 0.15) is 0 Å². The van der Waals surface area contributed by atoms with Crippen LogP contribution in [0.25, 0.3) is 0 Å². The molecule has 5 nitrogen and oxygen atoms in total. The number of amides is 1. The normalized spacial score (nSPS) is 11.8. The average Bonchev–Trinajstić information content (AvgIpc) is 2.42. The Hall–Kier alpha value is -2.56. The van der Waals surface area contributed by atoms with E-state index in [1.165, 1.54) is 0 Å². The van der Waals surface area contributed by atoms with E-state index in [0.717, 1.165) is 5.56 Å². The smallest absolute Gasteiger partial charge is 0.248 e. The van der Waals surface area contributed by atoms with Gasteiger partial charge in [-0.3, -0.25) is 9.78 Å². The van der Waals surface area contributed by atoms with E-state index in [1.54, 1.807) is 30.6 Å². The van der Waals surface area contributed by atoms with Crippen molar-refractivity contribution in [3.8, 4) is 0 Å². The minimum Gasteiger partial charge on any atom is -0.397 e. The highest BCUT2D eigenvalue weighted by Gasteiger charge is 2.09. The number of aromatic nitrogens is 1. The molecule has 19 heavy (non-hydrogen) atoms. The quantitative estimate of drug-likeness (QED) is 0.728. The monoisotopic (exact) mass is 256 g/mol. The van der Waals surface area contributed by atoms with Gasteiger partial charge < -0.3 is 16.8 Å². The van der Waals surface area contributed by atoms with Crippen LogP contribution in [0.5, 0.6) is 0 Å². The van der Waals surface area contributed by atoms with Gasteiger partial charge in [0, 0.05) is 18.0 Å². The van der Waals surface area contributed by atoms with Gasteiger partial charge in [-0.05, 0) is 36.8 Å². The van der Waals surface area contributed by atoms with Crippen LogP contribution in [0.2, 0.25) is 0 Å². The zero-order valence-electron chi connectivity index (χ0n) is 10.6. The Labute approximate surface area is 111 Å². The highest BCUT2D eigenvalue weighted by molar-refractivity contribution is 5.94. The van der Waals surface area contributed by atoms with Crippen molar-refractivity contribution in [2.75, 3.05) is 11.1 Å². The molecule has 0 aliphatic heterocycles. The average molecular weight is 256 g/mol. The van der Waals surface area contributed by atoms with Gasteiger partial charge in [0.2, 0.25) is 5.91 Å². The number of benzene rings is 1. The Kier molecular flexibility index (Phi) is 3.66. The molecule has 5 N–H and O–H groups in total. The number of rotatable bonds is 4. The fraction of sp³-hybridized carbons (Fsp3) is 0.143. The van der Waals surface area contributed by atoms with Gasteiger partial charge in [0.15, 0.2) is 0 Å². The molecule has 0 radical (unpaired) electrons. The summed E-state index contributed by atoms with van der Waals surface area (Å²) in [5.74, 6) is -0.475. The molecule has 0 saturated carbocycles. The van der Waals surface area contributed by atoms with Gasteiger partial charge in [-0.25, -0.2) is 0 Å². The predicted molar refractivity (Wildman–Crippen MR) is 75.6 cm³/mol. The van der Waals surface area contributed by atoms with Crippen molar-refractivity contribution in [1.82, 2.24) is 4.98 Å². The second-order valence-electron chi connectivity index (χ2n) is 4.32. The van der Waals surface area contributed by atoms with Crippen molar-refractivity contribution in [3.05, 3.63) is 53.9 Å². The molecule has 1 aromatic heterocycles. The van der Waals surface area contributed by atoms with E-state index in [2.05, 4.69) is 10.3 Å². The van der Waals surface area contributed by atoms with Crippen molar-refractivity contribution in [2.45, 2.75) is 13.0 Å². The number of carbonyl (C=O) groups excluding carboxylic acids is 1. The number of nitrogens with one attached hydrogen (secondary N) is 1. The van der Waals surface area contributed by atoms with E-state index in [4.69, 9.17) is 11.5 Å². The maximum Gasteiger partial charge on any atom is 0.248 e. The first-order valence-corrected chi connectivity index (χ1v) is 5.93. The Balaban J connectivity index is 2.23. The molecular weight excluding hydrogens is 240 g/mol. The lowest BCUT2D eigenvalue weighted by atomic mass is 10.1. The number of anilines is 2. The van der Waals surface area contributed by atoms with Gasteiger partial charge >= 0.3 is 0 Å². The molecule has 0 aliphatic rings. The van der Waals surface area contributed by atoms with Crippen LogP contribution >= 0.6 is 0 Å². The van der Waals surface area contributed by atoms with Gasteiger partial charge in [0.25, 0.3) is 0 Å². The van der Waals surface area contributed by atoms with Gasteiger partial charge in [-0.1, -0.05) is 6.07 Å². The lowest BCUT2D eigenvalue weighted by Crippen LogP contribution is -2.13. The zero-order chi connectivity index (χ0) is 13.8. The van der Waals surface area contributed by atoms with E-state index in [9.17, 15) is 4.79 Å². The number of carbonyl (C=O) groups is 1. The Morgan fingerprint density at radius 1 is 1.37 bits per heavy atom. The van der Waals surface area contributed by atoms with Gasteiger partial charge in [-0.2, -0.15) is 0 Å². The topological polar surface area (TPSA) is 94.0 Å². The van der Waals surface area contributed by atoms with E-state index < -0.39 is 5.91 Å². The Bertz CT molecular complexity index is 583. The Morgan fingerprint density at radius 2 is 2.16 bits per heavy atom. The van der Waals surface area contributed by atoms with Crippen LogP contribution in [0.15, 0.2) is 42.7 Å². The third-order valence-electron chi connectivity index (χ3n) is 2.89. The molecule has 0 aliphatic carbocycles. The molecule has 2 aromatic rings. The number of nitrogens with two attached hydrogens (primary N) is 2. The first-order chi connectivity index (χ1) is 9.08. The molecule has 2 rings (SSSR count). The molecule has 1 heterocycles. The predicted octanol–water partition coefficient (Wildman–Crippen LogP) is 1.94. The summed E-state index contributed by atoms with van der Waals surface area (Å²) in [5.41, 5.74) is 13.9. The van der Waals surface area contributed by atoms with Crippen LogP contribution in [0.1, 0.15) is 28.9 Å².